The number of rotatable bonds is 13. The fourth-order valence-electron chi connectivity index (χ4n) is 5.73. The first-order chi connectivity index (χ1) is 28.2. The summed E-state index contributed by atoms with van der Waals surface area (Å²) < 4.78 is 58.0. The molecule has 0 aliphatic rings. The van der Waals surface area contributed by atoms with Crippen molar-refractivity contribution in [1.82, 2.24) is 20.0 Å². The van der Waals surface area contributed by atoms with Crippen molar-refractivity contribution in [2.24, 2.45) is 0 Å². The molecular formula is C42H41ClN8O6S2. The summed E-state index contributed by atoms with van der Waals surface area (Å²) in [4.78, 5) is 36.6. The monoisotopic (exact) mass is 852 g/mol. The van der Waals surface area contributed by atoms with Crippen molar-refractivity contribution in [2.75, 3.05) is 20.1 Å². The van der Waals surface area contributed by atoms with Crippen LogP contribution in [0.2, 0.25) is 5.02 Å². The molecule has 6 aromatic rings. The second kappa shape index (κ2) is 18.4. The Morgan fingerprint density at radius 3 is 1.53 bits per heavy atom. The van der Waals surface area contributed by atoms with Crippen LogP contribution in [0.5, 0.6) is 0 Å². The zero-order valence-electron chi connectivity index (χ0n) is 32.2. The first kappa shape index (κ1) is 42.1. The quantitative estimate of drug-likeness (QED) is 0.0831. The van der Waals surface area contributed by atoms with E-state index in [9.17, 15) is 26.4 Å². The van der Waals surface area contributed by atoms with Crippen molar-refractivity contribution in [3.05, 3.63) is 167 Å². The Hall–Kier alpha value is -6.49. The molecule has 59 heavy (non-hydrogen) atoms. The van der Waals surface area contributed by atoms with Crippen LogP contribution < -0.4 is 20.1 Å². The number of hydrogen-bond acceptors (Lipinski definition) is 8. The second-order valence-corrected chi connectivity index (χ2v) is 17.5. The number of benzene rings is 4. The zero-order chi connectivity index (χ0) is 42.2. The van der Waals surface area contributed by atoms with Crippen LogP contribution in [-0.4, -0.2) is 48.9 Å². The molecule has 0 saturated carbocycles. The lowest BCUT2D eigenvalue weighted by atomic mass is 10.0. The van der Waals surface area contributed by atoms with E-state index in [1.165, 1.54) is 64.6 Å². The highest BCUT2D eigenvalue weighted by Crippen LogP contribution is 2.26. The van der Waals surface area contributed by atoms with Crippen LogP contribution in [0.15, 0.2) is 150 Å². The molecule has 2 aromatic heterocycles. The van der Waals surface area contributed by atoms with Gasteiger partial charge in [0.25, 0.3) is 20.0 Å². The molecule has 4 N–H and O–H groups in total. The molecule has 0 spiro atoms. The number of carbonyl (C=O) groups excluding carboxylic acids is 2. The van der Waals surface area contributed by atoms with Gasteiger partial charge < -0.3 is 10.6 Å². The minimum absolute atomic E-state index is 0.0255. The van der Waals surface area contributed by atoms with E-state index in [4.69, 9.17) is 11.6 Å². The van der Waals surface area contributed by atoms with Crippen molar-refractivity contribution in [1.29, 1.82) is 0 Å². The maximum absolute atomic E-state index is 14.2. The largest absolute Gasteiger partial charge is 0.341 e. The number of aryl methyl sites for hydroxylation is 1. The van der Waals surface area contributed by atoms with Crippen LogP contribution in [0.3, 0.4) is 0 Å². The SMILES string of the molecule is Cc1ccc(Cl)cc1NS(=O)(=O)c1ccc(NC(=O)N(Cc2cccnc2)N(Cc2cccnc2)C(=O)Nc2ccc(S(=O)(=O)Nc3ccc(C(C)C)cc3)cc2)cc1. The van der Waals surface area contributed by atoms with Crippen LogP contribution in [0.25, 0.3) is 0 Å². The number of anilines is 4. The average Bonchev–Trinajstić information content (AvgIpc) is 3.21. The predicted molar refractivity (Wildman–Crippen MR) is 229 cm³/mol. The number of halogens is 1. The Labute approximate surface area is 348 Å². The Morgan fingerprint density at radius 1 is 0.627 bits per heavy atom. The number of urea groups is 2. The minimum Gasteiger partial charge on any atom is -0.306 e. The summed E-state index contributed by atoms with van der Waals surface area (Å²) >= 11 is 6.08. The number of sulfonamides is 2. The molecule has 0 bridgehead atoms. The molecular weight excluding hydrogens is 812 g/mol. The number of amides is 4. The minimum atomic E-state index is -4.02. The number of pyridine rings is 2. The number of nitrogens with zero attached hydrogens (tertiary/aromatic N) is 4. The predicted octanol–water partition coefficient (Wildman–Crippen LogP) is 8.85. The van der Waals surface area contributed by atoms with E-state index in [2.05, 4.69) is 30.0 Å². The number of carbonyl (C=O) groups is 2. The topological polar surface area (TPSA) is 183 Å². The first-order valence-electron chi connectivity index (χ1n) is 18.2. The third-order valence-corrected chi connectivity index (χ3v) is 12.0. The Balaban J connectivity index is 1.23. The number of nitrogens with one attached hydrogen (secondary N) is 4. The molecule has 17 heteroatoms. The van der Waals surface area contributed by atoms with E-state index in [0.29, 0.717) is 39.0 Å². The van der Waals surface area contributed by atoms with E-state index in [1.54, 1.807) is 80.2 Å². The lowest BCUT2D eigenvalue weighted by Gasteiger charge is -2.35. The average molecular weight is 853 g/mol. The summed E-state index contributed by atoms with van der Waals surface area (Å²) in [7, 11) is -7.97. The van der Waals surface area contributed by atoms with Crippen LogP contribution in [0.4, 0.5) is 32.3 Å². The maximum atomic E-state index is 14.2. The zero-order valence-corrected chi connectivity index (χ0v) is 34.6. The van der Waals surface area contributed by atoms with Gasteiger partial charge in [0.15, 0.2) is 0 Å². The molecule has 0 radical (unpaired) electrons. The summed E-state index contributed by atoms with van der Waals surface area (Å²) in [6, 6.07) is 28.6. The van der Waals surface area contributed by atoms with Gasteiger partial charge in [0, 0.05) is 46.9 Å². The molecule has 4 aromatic carbocycles. The molecule has 0 atom stereocenters. The van der Waals surface area contributed by atoms with Gasteiger partial charge >= 0.3 is 12.1 Å². The summed E-state index contributed by atoms with van der Waals surface area (Å²) in [5.74, 6) is 0.292. The lowest BCUT2D eigenvalue weighted by molar-refractivity contribution is 0.0466. The first-order valence-corrected chi connectivity index (χ1v) is 21.6. The van der Waals surface area contributed by atoms with Crippen LogP contribution in [0.1, 0.15) is 42.0 Å². The normalized spacial score (nSPS) is 11.4. The molecule has 0 fully saturated rings. The van der Waals surface area contributed by atoms with Gasteiger partial charge in [-0.1, -0.05) is 55.8 Å². The van der Waals surface area contributed by atoms with Crippen molar-refractivity contribution in [2.45, 2.75) is 49.6 Å². The molecule has 0 aliphatic carbocycles. The number of hydrogen-bond donors (Lipinski definition) is 4. The van der Waals surface area contributed by atoms with Gasteiger partial charge in [-0.2, -0.15) is 0 Å². The number of hydrazine groups is 1. The van der Waals surface area contributed by atoms with E-state index < -0.39 is 32.1 Å². The van der Waals surface area contributed by atoms with E-state index in [1.807, 2.05) is 26.0 Å². The smallest absolute Gasteiger partial charge is 0.306 e. The van der Waals surface area contributed by atoms with Crippen LogP contribution >= 0.6 is 11.6 Å². The van der Waals surface area contributed by atoms with Crippen LogP contribution in [-0.2, 0) is 33.1 Å². The van der Waals surface area contributed by atoms with Gasteiger partial charge in [-0.05, 0) is 120 Å². The van der Waals surface area contributed by atoms with Gasteiger partial charge in [0.1, 0.15) is 0 Å². The molecule has 0 unspecified atom stereocenters. The highest BCUT2D eigenvalue weighted by atomic mass is 35.5. The highest BCUT2D eigenvalue weighted by molar-refractivity contribution is 7.93. The highest BCUT2D eigenvalue weighted by Gasteiger charge is 2.28. The molecule has 6 rings (SSSR count). The molecule has 4 amide bonds. The van der Waals surface area contributed by atoms with Gasteiger partial charge in [0.2, 0.25) is 0 Å². The number of aromatic nitrogens is 2. The third kappa shape index (κ3) is 11.1. The summed E-state index contributed by atoms with van der Waals surface area (Å²) in [6.07, 6.45) is 6.27. The van der Waals surface area contributed by atoms with Gasteiger partial charge in [-0.25, -0.2) is 36.4 Å². The Kier molecular flexibility index (Phi) is 13.1. The van der Waals surface area contributed by atoms with Crippen molar-refractivity contribution < 1.29 is 26.4 Å². The Bertz CT molecular complexity index is 2620. The van der Waals surface area contributed by atoms with E-state index >= 15 is 0 Å². The third-order valence-electron chi connectivity index (χ3n) is 8.98. The fourth-order valence-corrected chi connectivity index (χ4v) is 8.08. The standard InChI is InChI=1S/C42H41ClN8O6S2/c1-29(2)33-9-12-37(13-10-33)48-58(54,55)38-18-14-35(15-19-38)46-41(52)50(27-31-6-4-22-44-25-31)51(28-32-7-5-23-45-26-32)42(53)47-36-16-20-39(21-17-36)59(56,57)49-40-24-34(43)11-8-30(40)3/h4-26,29,48-49H,27-28H2,1-3H3,(H,46,52)(H,47,53). The van der Waals surface area contributed by atoms with Crippen molar-refractivity contribution >= 4 is 66.5 Å². The van der Waals surface area contributed by atoms with Crippen molar-refractivity contribution in [3.8, 4) is 0 Å². The Morgan fingerprint density at radius 2 is 1.08 bits per heavy atom. The van der Waals surface area contributed by atoms with Gasteiger partial charge in [-0.15, -0.1) is 0 Å². The van der Waals surface area contributed by atoms with Gasteiger partial charge in [-0.3, -0.25) is 19.4 Å². The molecule has 14 nitrogen and oxygen atoms in total. The van der Waals surface area contributed by atoms with E-state index in [0.717, 1.165) is 5.56 Å². The lowest BCUT2D eigenvalue weighted by Crippen LogP contribution is -2.52. The summed E-state index contributed by atoms with van der Waals surface area (Å²) in [5.41, 5.74) is 4.17. The van der Waals surface area contributed by atoms with E-state index in [-0.39, 0.29) is 34.3 Å². The molecule has 2 heterocycles. The molecule has 304 valence electrons. The molecule has 0 aliphatic heterocycles. The fraction of sp³-hybridized carbons (Fsp3) is 0.143. The van der Waals surface area contributed by atoms with Gasteiger partial charge in [0.05, 0.1) is 28.6 Å². The summed E-state index contributed by atoms with van der Waals surface area (Å²) in [6.45, 7) is 5.63. The van der Waals surface area contributed by atoms with Crippen LogP contribution in [0, 0.1) is 6.92 Å². The van der Waals surface area contributed by atoms with Crippen molar-refractivity contribution in [3.63, 3.8) is 0 Å². The maximum Gasteiger partial charge on any atom is 0.341 e. The molecule has 0 saturated heterocycles. The second-order valence-electron chi connectivity index (χ2n) is 13.7. The summed E-state index contributed by atoms with van der Waals surface area (Å²) in [5, 5.41) is 8.28.